The highest BCUT2D eigenvalue weighted by Crippen LogP contribution is 2.12. The zero-order valence-corrected chi connectivity index (χ0v) is 14.7. The summed E-state index contributed by atoms with van der Waals surface area (Å²) in [5, 5.41) is 4.83. The highest BCUT2D eigenvalue weighted by atomic mass is 32.2. The number of nitrogens with one attached hydrogen (secondary N) is 2. The van der Waals surface area contributed by atoms with Crippen LogP contribution in [0.3, 0.4) is 0 Å². The largest absolute Gasteiger partial charge is 0.352 e. The Bertz CT molecular complexity index is 736. The zero-order valence-electron chi connectivity index (χ0n) is 13.1. The maximum atomic E-state index is 12.0. The molecule has 0 aliphatic carbocycles. The number of thiophene rings is 1. The smallest absolute Gasteiger partial charge is 0.251 e. The van der Waals surface area contributed by atoms with Crippen molar-refractivity contribution in [3.63, 3.8) is 0 Å². The van der Waals surface area contributed by atoms with Crippen LogP contribution in [-0.2, 0) is 16.4 Å². The average Bonchev–Trinajstić information content (AvgIpc) is 2.99. The Labute approximate surface area is 140 Å². The van der Waals surface area contributed by atoms with E-state index in [2.05, 4.69) is 10.0 Å². The molecule has 0 unspecified atom stereocenters. The van der Waals surface area contributed by atoms with Crippen molar-refractivity contribution in [3.8, 4) is 0 Å². The molecular weight excluding hydrogens is 332 g/mol. The van der Waals surface area contributed by atoms with E-state index >= 15 is 0 Å². The van der Waals surface area contributed by atoms with E-state index in [9.17, 15) is 13.2 Å². The molecule has 0 saturated carbocycles. The van der Waals surface area contributed by atoms with Crippen molar-refractivity contribution in [2.24, 2.45) is 0 Å². The minimum absolute atomic E-state index is 0.154. The summed E-state index contributed by atoms with van der Waals surface area (Å²) in [4.78, 5) is 13.4. The fourth-order valence-electron chi connectivity index (χ4n) is 2.02. The van der Waals surface area contributed by atoms with Crippen molar-refractivity contribution >= 4 is 27.3 Å². The van der Waals surface area contributed by atoms with Crippen molar-refractivity contribution in [2.75, 3.05) is 6.54 Å². The highest BCUT2D eigenvalue weighted by molar-refractivity contribution is 7.89. The van der Waals surface area contributed by atoms with E-state index in [0.29, 0.717) is 12.1 Å². The van der Waals surface area contributed by atoms with E-state index in [1.165, 1.54) is 29.1 Å². The second-order valence-corrected chi connectivity index (χ2v) is 8.13. The zero-order chi connectivity index (χ0) is 16.9. The van der Waals surface area contributed by atoms with E-state index < -0.39 is 10.0 Å². The van der Waals surface area contributed by atoms with Gasteiger partial charge in [-0.25, -0.2) is 13.1 Å². The van der Waals surface area contributed by atoms with E-state index in [1.807, 2.05) is 17.5 Å². The van der Waals surface area contributed by atoms with Gasteiger partial charge >= 0.3 is 0 Å². The van der Waals surface area contributed by atoms with E-state index in [4.69, 9.17) is 0 Å². The molecule has 1 heterocycles. The molecule has 124 valence electrons. The van der Waals surface area contributed by atoms with Gasteiger partial charge in [-0.2, -0.15) is 0 Å². The van der Waals surface area contributed by atoms with Crippen molar-refractivity contribution in [3.05, 3.63) is 52.2 Å². The molecular formula is C16H20N2O3S2. The number of hydrogen-bond acceptors (Lipinski definition) is 4. The van der Waals surface area contributed by atoms with Crippen LogP contribution in [0.1, 0.15) is 29.1 Å². The van der Waals surface area contributed by atoms with E-state index in [1.54, 1.807) is 25.2 Å². The van der Waals surface area contributed by atoms with Gasteiger partial charge in [-0.05, 0) is 56.0 Å². The molecule has 5 nitrogen and oxygen atoms in total. The number of rotatable bonds is 7. The van der Waals surface area contributed by atoms with Crippen molar-refractivity contribution in [1.29, 1.82) is 0 Å². The summed E-state index contributed by atoms with van der Waals surface area (Å²) in [6.45, 7) is 4.06. The number of hydrogen-bond donors (Lipinski definition) is 2. The lowest BCUT2D eigenvalue weighted by Gasteiger charge is -2.10. The second kappa shape index (κ2) is 7.72. The number of carbonyl (C=O) groups excluding carboxylic acids is 1. The highest BCUT2D eigenvalue weighted by Gasteiger charge is 2.15. The van der Waals surface area contributed by atoms with Crippen molar-refractivity contribution in [2.45, 2.75) is 31.2 Å². The molecule has 0 fully saturated rings. The van der Waals surface area contributed by atoms with Gasteiger partial charge in [0.15, 0.2) is 0 Å². The van der Waals surface area contributed by atoms with Crippen molar-refractivity contribution in [1.82, 2.24) is 10.0 Å². The van der Waals surface area contributed by atoms with Gasteiger partial charge in [-0.15, -0.1) is 11.3 Å². The Hall–Kier alpha value is -1.70. The van der Waals surface area contributed by atoms with Gasteiger partial charge in [-0.3, -0.25) is 4.79 Å². The summed E-state index contributed by atoms with van der Waals surface area (Å²) in [5.41, 5.74) is 0.444. The standard InChI is InChI=1S/C16H20N2O3S2/c1-12(2)18-23(20,21)15-7-5-13(6-8-15)16(19)17-10-9-14-4-3-11-22-14/h3-8,11-12,18H,9-10H2,1-2H3,(H,17,19). The predicted molar refractivity (Wildman–Crippen MR) is 92.3 cm³/mol. The third-order valence-electron chi connectivity index (χ3n) is 3.05. The van der Waals surface area contributed by atoms with Crippen LogP contribution in [0.2, 0.25) is 0 Å². The Kier molecular flexibility index (Phi) is 5.92. The Morgan fingerprint density at radius 2 is 1.87 bits per heavy atom. The van der Waals surface area contributed by atoms with Gasteiger partial charge in [0, 0.05) is 23.0 Å². The van der Waals surface area contributed by atoms with Crippen LogP contribution in [0, 0.1) is 0 Å². The lowest BCUT2D eigenvalue weighted by Crippen LogP contribution is -2.30. The van der Waals surface area contributed by atoms with Crippen molar-refractivity contribution < 1.29 is 13.2 Å². The Balaban J connectivity index is 1.94. The van der Waals surface area contributed by atoms with Gasteiger partial charge in [0.2, 0.25) is 10.0 Å². The Morgan fingerprint density at radius 1 is 1.17 bits per heavy atom. The quantitative estimate of drug-likeness (QED) is 0.803. The minimum atomic E-state index is -3.53. The number of amides is 1. The van der Waals surface area contributed by atoms with Crippen LogP contribution in [0.4, 0.5) is 0 Å². The average molecular weight is 352 g/mol. The number of benzene rings is 1. The molecule has 0 radical (unpaired) electrons. The lowest BCUT2D eigenvalue weighted by atomic mass is 10.2. The minimum Gasteiger partial charge on any atom is -0.352 e. The maximum absolute atomic E-state index is 12.0. The van der Waals surface area contributed by atoms with Gasteiger partial charge in [0.05, 0.1) is 4.90 Å². The summed E-state index contributed by atoms with van der Waals surface area (Å²) in [6, 6.07) is 9.76. The van der Waals surface area contributed by atoms with Gasteiger partial charge in [0.1, 0.15) is 0 Å². The molecule has 2 aromatic rings. The summed E-state index contributed by atoms with van der Waals surface area (Å²) >= 11 is 1.65. The first-order chi connectivity index (χ1) is 10.9. The van der Waals surface area contributed by atoms with Crippen LogP contribution in [0.5, 0.6) is 0 Å². The summed E-state index contributed by atoms with van der Waals surface area (Å²) in [7, 11) is -3.53. The molecule has 23 heavy (non-hydrogen) atoms. The molecule has 0 bridgehead atoms. The van der Waals surface area contributed by atoms with Crippen LogP contribution in [0.15, 0.2) is 46.7 Å². The normalized spacial score (nSPS) is 11.6. The summed E-state index contributed by atoms with van der Waals surface area (Å²) in [6.07, 6.45) is 0.786. The van der Waals surface area contributed by atoms with Crippen LogP contribution in [-0.4, -0.2) is 26.9 Å². The molecule has 0 aliphatic rings. The van der Waals surface area contributed by atoms with Gasteiger partial charge < -0.3 is 5.32 Å². The van der Waals surface area contributed by atoms with Gasteiger partial charge in [0.25, 0.3) is 5.91 Å². The molecule has 0 saturated heterocycles. The third-order valence-corrected chi connectivity index (χ3v) is 5.67. The number of carbonyl (C=O) groups is 1. The summed E-state index contributed by atoms with van der Waals surface area (Å²) in [5.74, 6) is -0.206. The van der Waals surface area contributed by atoms with Crippen LogP contribution < -0.4 is 10.0 Å². The molecule has 1 aromatic heterocycles. The fraction of sp³-hybridized carbons (Fsp3) is 0.312. The predicted octanol–water partition coefficient (Wildman–Crippen LogP) is 2.41. The van der Waals surface area contributed by atoms with Crippen LogP contribution in [0.25, 0.3) is 0 Å². The molecule has 7 heteroatoms. The first kappa shape index (κ1) is 17.7. The van der Waals surface area contributed by atoms with Gasteiger partial charge in [-0.1, -0.05) is 6.07 Å². The molecule has 2 rings (SSSR count). The third kappa shape index (κ3) is 5.16. The molecule has 2 N–H and O–H groups in total. The topological polar surface area (TPSA) is 75.3 Å². The lowest BCUT2D eigenvalue weighted by molar-refractivity contribution is 0.0954. The molecule has 0 atom stereocenters. The maximum Gasteiger partial charge on any atom is 0.251 e. The SMILES string of the molecule is CC(C)NS(=O)(=O)c1ccc(C(=O)NCCc2cccs2)cc1. The monoisotopic (exact) mass is 352 g/mol. The molecule has 0 aliphatic heterocycles. The Morgan fingerprint density at radius 3 is 2.43 bits per heavy atom. The molecule has 1 amide bonds. The van der Waals surface area contributed by atoms with E-state index in [-0.39, 0.29) is 16.8 Å². The number of sulfonamides is 1. The van der Waals surface area contributed by atoms with Crippen LogP contribution >= 0.6 is 11.3 Å². The molecule has 1 aromatic carbocycles. The first-order valence-corrected chi connectivity index (χ1v) is 9.68. The molecule has 0 spiro atoms. The first-order valence-electron chi connectivity index (χ1n) is 7.31. The summed E-state index contributed by atoms with van der Waals surface area (Å²) < 4.78 is 26.5. The van der Waals surface area contributed by atoms with E-state index in [0.717, 1.165) is 6.42 Å². The second-order valence-electron chi connectivity index (χ2n) is 5.39. The fourth-order valence-corrected chi connectivity index (χ4v) is 3.98.